The summed E-state index contributed by atoms with van der Waals surface area (Å²) in [6, 6.07) is 8.66. The van der Waals surface area contributed by atoms with E-state index in [0.29, 0.717) is 5.56 Å². The molecule has 0 aromatic heterocycles. The van der Waals surface area contributed by atoms with Gasteiger partial charge in [0.2, 0.25) is 0 Å². The monoisotopic (exact) mass is 262 g/mol. The lowest BCUT2D eigenvalue weighted by atomic mass is 9.97. The van der Waals surface area contributed by atoms with Crippen LogP contribution in [0.15, 0.2) is 41.5 Å². The smallest absolute Gasteiger partial charge is 0.332 e. The van der Waals surface area contributed by atoms with E-state index in [2.05, 4.69) is 0 Å². The van der Waals surface area contributed by atoms with Crippen molar-refractivity contribution < 1.29 is 24.6 Å². The van der Waals surface area contributed by atoms with Crippen LogP contribution in [0.5, 0.6) is 0 Å². The van der Waals surface area contributed by atoms with E-state index in [-0.39, 0.29) is 29.8 Å². The Bertz CT molecular complexity index is 528. The van der Waals surface area contributed by atoms with Crippen LogP contribution >= 0.6 is 0 Å². The summed E-state index contributed by atoms with van der Waals surface area (Å²) < 4.78 is 0. The summed E-state index contributed by atoms with van der Waals surface area (Å²) in [6.07, 6.45) is -0.408. The molecule has 0 heterocycles. The van der Waals surface area contributed by atoms with Gasteiger partial charge in [0.05, 0.1) is 11.1 Å². The Balaban J connectivity index is 3.19. The Morgan fingerprint density at radius 1 is 0.947 bits per heavy atom. The summed E-state index contributed by atoms with van der Waals surface area (Å²) in [5, 5.41) is 18.2. The van der Waals surface area contributed by atoms with Crippen LogP contribution in [0.1, 0.15) is 18.9 Å². The molecule has 0 unspecified atom stereocenters. The van der Waals surface area contributed by atoms with Gasteiger partial charge in [-0.15, -0.1) is 0 Å². The largest absolute Gasteiger partial charge is 0.478 e. The van der Waals surface area contributed by atoms with Crippen molar-refractivity contribution >= 4 is 17.7 Å². The molecule has 0 fully saturated rings. The van der Waals surface area contributed by atoms with Gasteiger partial charge < -0.3 is 10.2 Å². The summed E-state index contributed by atoms with van der Waals surface area (Å²) in [5.74, 6) is -3.07. The first-order chi connectivity index (χ1) is 8.91. The Morgan fingerprint density at radius 3 is 1.89 bits per heavy atom. The maximum absolute atomic E-state index is 11.2. The van der Waals surface area contributed by atoms with Crippen molar-refractivity contribution in [2.24, 2.45) is 0 Å². The maximum Gasteiger partial charge on any atom is 0.332 e. The van der Waals surface area contributed by atoms with Crippen LogP contribution in [0.4, 0.5) is 0 Å². The highest BCUT2D eigenvalue weighted by molar-refractivity contribution is 6.02. The number of carboxylic acid groups (broad SMARTS) is 2. The standard InChI is InChI=1S/C14H14O5/c1-9(15)7-11(13(16)17)12(14(18)19)8-10-5-3-2-4-6-10/h2-6H,7-8H2,1H3,(H,16,17)(H,18,19). The molecule has 2 N–H and O–H groups in total. The van der Waals surface area contributed by atoms with Crippen LogP contribution in [0.3, 0.4) is 0 Å². The highest BCUT2D eigenvalue weighted by Crippen LogP contribution is 2.16. The molecule has 19 heavy (non-hydrogen) atoms. The van der Waals surface area contributed by atoms with Gasteiger partial charge in [-0.1, -0.05) is 30.3 Å². The summed E-state index contributed by atoms with van der Waals surface area (Å²) in [4.78, 5) is 33.3. The minimum atomic E-state index is -1.37. The molecule has 100 valence electrons. The number of ketones is 1. The minimum Gasteiger partial charge on any atom is -0.478 e. The topological polar surface area (TPSA) is 91.7 Å². The fraction of sp³-hybridized carbons (Fsp3) is 0.214. The van der Waals surface area contributed by atoms with E-state index in [1.807, 2.05) is 0 Å². The Hall–Kier alpha value is -2.43. The second kappa shape index (κ2) is 6.49. The second-order valence-electron chi connectivity index (χ2n) is 4.11. The first kappa shape index (κ1) is 14.6. The van der Waals surface area contributed by atoms with Gasteiger partial charge in [0.25, 0.3) is 0 Å². The Kier molecular flexibility index (Phi) is 5.00. The third-order valence-electron chi connectivity index (χ3n) is 2.53. The van der Waals surface area contributed by atoms with Gasteiger partial charge in [-0.05, 0) is 12.5 Å². The average molecular weight is 262 g/mol. The molecule has 1 aromatic rings. The Morgan fingerprint density at radius 2 is 1.47 bits per heavy atom. The van der Waals surface area contributed by atoms with Crippen LogP contribution in [0.2, 0.25) is 0 Å². The normalized spacial score (nSPS) is 11.6. The number of benzene rings is 1. The van der Waals surface area contributed by atoms with E-state index in [9.17, 15) is 14.4 Å². The van der Waals surface area contributed by atoms with Crippen LogP contribution in [0, 0.1) is 0 Å². The zero-order chi connectivity index (χ0) is 14.4. The molecule has 1 aromatic carbocycles. The van der Waals surface area contributed by atoms with Gasteiger partial charge in [0.15, 0.2) is 0 Å². The van der Waals surface area contributed by atoms with Crippen LogP contribution < -0.4 is 0 Å². The van der Waals surface area contributed by atoms with E-state index in [0.717, 1.165) is 0 Å². The molecule has 0 saturated heterocycles. The highest BCUT2D eigenvalue weighted by atomic mass is 16.4. The van der Waals surface area contributed by atoms with Crippen molar-refractivity contribution in [3.8, 4) is 0 Å². The van der Waals surface area contributed by atoms with Crippen molar-refractivity contribution in [1.29, 1.82) is 0 Å². The van der Waals surface area contributed by atoms with Crippen molar-refractivity contribution in [1.82, 2.24) is 0 Å². The minimum absolute atomic E-state index is 0.0227. The van der Waals surface area contributed by atoms with E-state index < -0.39 is 11.9 Å². The molecule has 0 aliphatic heterocycles. The molecule has 0 atom stereocenters. The Labute approximate surface area is 110 Å². The SMILES string of the molecule is CC(=O)CC(C(=O)O)=C(Cc1ccccc1)C(=O)O. The van der Waals surface area contributed by atoms with Gasteiger partial charge in [0, 0.05) is 12.8 Å². The van der Waals surface area contributed by atoms with Crippen LogP contribution in [-0.4, -0.2) is 27.9 Å². The molecule has 0 saturated carbocycles. The second-order valence-corrected chi connectivity index (χ2v) is 4.11. The first-order valence-corrected chi connectivity index (χ1v) is 5.63. The van der Waals surface area contributed by atoms with Gasteiger partial charge in [-0.3, -0.25) is 4.79 Å². The number of hydrogen-bond donors (Lipinski definition) is 2. The number of carbonyl (C=O) groups excluding carboxylic acids is 1. The molecule has 0 radical (unpaired) electrons. The zero-order valence-electron chi connectivity index (χ0n) is 10.4. The summed E-state index contributed by atoms with van der Waals surface area (Å²) >= 11 is 0. The van der Waals surface area contributed by atoms with Crippen molar-refractivity contribution in [3.63, 3.8) is 0 Å². The van der Waals surface area contributed by atoms with Crippen LogP contribution in [0.25, 0.3) is 0 Å². The number of rotatable bonds is 6. The molecular formula is C14H14O5. The van der Waals surface area contributed by atoms with Gasteiger partial charge in [-0.2, -0.15) is 0 Å². The lowest BCUT2D eigenvalue weighted by Gasteiger charge is -2.08. The van der Waals surface area contributed by atoms with Crippen molar-refractivity contribution in [3.05, 3.63) is 47.0 Å². The van der Waals surface area contributed by atoms with Gasteiger partial charge >= 0.3 is 11.9 Å². The molecule has 0 aliphatic rings. The number of hydrogen-bond acceptors (Lipinski definition) is 3. The molecule has 0 amide bonds. The molecule has 0 spiro atoms. The maximum atomic E-state index is 11.2. The predicted octanol–water partition coefficient (Wildman–Crippen LogP) is 1.67. The van der Waals surface area contributed by atoms with E-state index in [1.54, 1.807) is 30.3 Å². The average Bonchev–Trinajstić information content (AvgIpc) is 2.34. The third-order valence-corrected chi connectivity index (χ3v) is 2.53. The van der Waals surface area contributed by atoms with E-state index in [4.69, 9.17) is 10.2 Å². The molecule has 0 bridgehead atoms. The van der Waals surface area contributed by atoms with Crippen molar-refractivity contribution in [2.75, 3.05) is 0 Å². The van der Waals surface area contributed by atoms with Crippen molar-refractivity contribution in [2.45, 2.75) is 19.8 Å². The number of carboxylic acids is 2. The van der Waals surface area contributed by atoms with Gasteiger partial charge in [0.1, 0.15) is 5.78 Å². The van der Waals surface area contributed by atoms with Gasteiger partial charge in [-0.25, -0.2) is 9.59 Å². The number of aliphatic carboxylic acids is 2. The predicted molar refractivity (Wildman–Crippen MR) is 67.7 cm³/mol. The lowest BCUT2D eigenvalue weighted by molar-refractivity contribution is -0.136. The lowest BCUT2D eigenvalue weighted by Crippen LogP contribution is -2.15. The molecule has 0 aliphatic carbocycles. The number of carbonyl (C=O) groups is 3. The summed E-state index contributed by atoms with van der Waals surface area (Å²) in [5.41, 5.74) is 0.0694. The summed E-state index contributed by atoms with van der Waals surface area (Å²) in [6.45, 7) is 1.23. The summed E-state index contributed by atoms with van der Waals surface area (Å²) in [7, 11) is 0. The van der Waals surface area contributed by atoms with Crippen LogP contribution in [-0.2, 0) is 20.8 Å². The molecular weight excluding hydrogens is 248 g/mol. The molecule has 5 nitrogen and oxygen atoms in total. The van der Waals surface area contributed by atoms with E-state index in [1.165, 1.54) is 6.92 Å². The fourth-order valence-corrected chi connectivity index (χ4v) is 1.67. The quantitative estimate of drug-likeness (QED) is 0.761. The molecule has 1 rings (SSSR count). The third kappa shape index (κ3) is 4.39. The fourth-order valence-electron chi connectivity index (χ4n) is 1.67. The highest BCUT2D eigenvalue weighted by Gasteiger charge is 2.21. The zero-order valence-corrected chi connectivity index (χ0v) is 10.4. The van der Waals surface area contributed by atoms with E-state index >= 15 is 0 Å². The molecule has 5 heteroatoms. The first-order valence-electron chi connectivity index (χ1n) is 5.63. The number of Topliss-reactive ketones (excluding diaryl/α,β-unsaturated/α-hetero) is 1.